The van der Waals surface area contributed by atoms with Gasteiger partial charge < -0.3 is 20.1 Å². The molecule has 1 aromatic heterocycles. The van der Waals surface area contributed by atoms with Crippen molar-refractivity contribution in [3.8, 4) is 16.3 Å². The summed E-state index contributed by atoms with van der Waals surface area (Å²) >= 11 is 1.19. The van der Waals surface area contributed by atoms with Crippen LogP contribution in [0.3, 0.4) is 0 Å². The number of aromatic nitrogens is 2. The topological polar surface area (TPSA) is 102 Å². The van der Waals surface area contributed by atoms with Crippen LogP contribution in [0.25, 0.3) is 10.6 Å². The fourth-order valence-electron chi connectivity index (χ4n) is 2.72. The first kappa shape index (κ1) is 22.2. The molecule has 0 saturated heterocycles. The number of nitrogens with one attached hydrogen (secondary N) is 2. The Bertz CT molecular complexity index is 1090. The van der Waals surface area contributed by atoms with Gasteiger partial charge in [0, 0.05) is 5.56 Å². The minimum atomic E-state index is -0.507. The molecule has 0 bridgehead atoms. The lowest BCUT2D eigenvalue weighted by molar-refractivity contribution is 0.0600. The van der Waals surface area contributed by atoms with Gasteiger partial charge in [-0.05, 0) is 44.2 Å². The molecule has 0 radical (unpaired) electrons. The normalized spacial score (nSPS) is 11.5. The maximum Gasteiger partial charge on any atom is 0.337 e. The van der Waals surface area contributed by atoms with E-state index in [-0.39, 0.29) is 5.82 Å². The number of rotatable bonds is 7. The van der Waals surface area contributed by atoms with Crippen molar-refractivity contribution in [2.75, 3.05) is 19.0 Å². The van der Waals surface area contributed by atoms with Crippen molar-refractivity contribution in [2.24, 2.45) is 0 Å². The van der Waals surface area contributed by atoms with Crippen LogP contribution in [-0.2, 0) is 4.74 Å². The van der Waals surface area contributed by atoms with E-state index < -0.39 is 18.0 Å². The molecule has 10 heteroatoms. The highest BCUT2D eigenvalue weighted by Crippen LogP contribution is 2.29. The summed E-state index contributed by atoms with van der Waals surface area (Å²) in [5.74, 6) is -0.555. The molecule has 162 valence electrons. The Morgan fingerprint density at radius 2 is 1.97 bits per heavy atom. The average Bonchev–Trinajstić information content (AvgIpc) is 3.25. The van der Waals surface area contributed by atoms with Crippen LogP contribution < -0.4 is 15.4 Å². The Balaban J connectivity index is 1.69. The van der Waals surface area contributed by atoms with Crippen molar-refractivity contribution >= 4 is 29.0 Å². The van der Waals surface area contributed by atoms with Gasteiger partial charge in [0.25, 0.3) is 0 Å². The third-order valence-corrected chi connectivity index (χ3v) is 5.35. The van der Waals surface area contributed by atoms with Crippen molar-refractivity contribution < 1.29 is 23.5 Å². The van der Waals surface area contributed by atoms with Gasteiger partial charge in [0.1, 0.15) is 16.6 Å². The molecular weight excluding hydrogens is 423 g/mol. The molecule has 1 atom stereocenters. The van der Waals surface area contributed by atoms with Crippen molar-refractivity contribution in [2.45, 2.75) is 19.9 Å². The van der Waals surface area contributed by atoms with Gasteiger partial charge in [-0.15, -0.1) is 10.2 Å². The summed E-state index contributed by atoms with van der Waals surface area (Å²) in [4.78, 5) is 24.2. The lowest BCUT2D eigenvalue weighted by Gasteiger charge is -2.15. The standard InChI is InChI=1S/C21H21FN4O4S/c1-4-30-17-11-13(20(27)29-3)9-10-16(17)24-21(28)23-12(2)18-25-26-19(31-18)14-7-5-6-8-15(14)22/h5-12H,4H2,1-3H3,(H2,23,24,28). The number of carbonyl (C=O) groups excluding carboxylic acids is 2. The Morgan fingerprint density at radius 3 is 2.68 bits per heavy atom. The maximum atomic E-state index is 14.0. The Hall–Kier alpha value is -3.53. The van der Waals surface area contributed by atoms with E-state index in [1.54, 1.807) is 38.1 Å². The van der Waals surface area contributed by atoms with Gasteiger partial charge in [0.05, 0.1) is 31.0 Å². The number of urea groups is 1. The second-order valence-corrected chi connectivity index (χ2v) is 7.39. The quantitative estimate of drug-likeness (QED) is 0.523. The highest BCUT2D eigenvalue weighted by Gasteiger charge is 2.18. The third kappa shape index (κ3) is 5.34. The second-order valence-electron chi connectivity index (χ2n) is 6.38. The van der Waals surface area contributed by atoms with Crippen LogP contribution in [0.5, 0.6) is 5.75 Å². The van der Waals surface area contributed by atoms with Crippen molar-refractivity contribution in [1.82, 2.24) is 15.5 Å². The Kier molecular flexibility index (Phi) is 7.14. The van der Waals surface area contributed by atoms with Crippen LogP contribution in [-0.4, -0.2) is 35.9 Å². The first-order chi connectivity index (χ1) is 14.9. The van der Waals surface area contributed by atoms with E-state index in [0.717, 1.165) is 0 Å². The zero-order valence-corrected chi connectivity index (χ0v) is 18.0. The van der Waals surface area contributed by atoms with Crippen LogP contribution in [0.15, 0.2) is 42.5 Å². The summed E-state index contributed by atoms with van der Waals surface area (Å²) in [7, 11) is 1.29. The number of ether oxygens (including phenoxy) is 2. The second kappa shape index (κ2) is 9.98. The fraction of sp³-hybridized carbons (Fsp3) is 0.238. The molecule has 8 nitrogen and oxygen atoms in total. The first-order valence-electron chi connectivity index (χ1n) is 9.44. The monoisotopic (exact) mass is 444 g/mol. The van der Waals surface area contributed by atoms with Crippen molar-refractivity contribution in [3.63, 3.8) is 0 Å². The summed E-state index contributed by atoms with van der Waals surface area (Å²) in [6.45, 7) is 3.88. The number of amides is 2. The number of hydrogen-bond donors (Lipinski definition) is 2. The largest absolute Gasteiger partial charge is 0.492 e. The zero-order valence-electron chi connectivity index (χ0n) is 17.1. The molecule has 3 rings (SSSR count). The van der Waals surface area contributed by atoms with Gasteiger partial charge in [0.15, 0.2) is 5.01 Å². The molecule has 0 spiro atoms. The van der Waals surface area contributed by atoms with Crippen LogP contribution in [0.2, 0.25) is 0 Å². The lowest BCUT2D eigenvalue weighted by Crippen LogP contribution is -2.31. The summed E-state index contributed by atoms with van der Waals surface area (Å²) in [6.07, 6.45) is 0. The van der Waals surface area contributed by atoms with Gasteiger partial charge in [-0.1, -0.05) is 23.5 Å². The fourth-order valence-corrected chi connectivity index (χ4v) is 3.59. The SMILES string of the molecule is CCOc1cc(C(=O)OC)ccc1NC(=O)NC(C)c1nnc(-c2ccccc2F)s1. The minimum absolute atomic E-state index is 0.305. The van der Waals surface area contributed by atoms with Crippen LogP contribution in [0.4, 0.5) is 14.9 Å². The Labute approximate surface area is 182 Å². The van der Waals surface area contributed by atoms with E-state index in [9.17, 15) is 14.0 Å². The smallest absolute Gasteiger partial charge is 0.337 e. The lowest BCUT2D eigenvalue weighted by atomic mass is 10.2. The first-order valence-corrected chi connectivity index (χ1v) is 10.3. The van der Waals surface area contributed by atoms with E-state index >= 15 is 0 Å². The molecule has 2 aromatic carbocycles. The molecule has 0 aliphatic carbocycles. The van der Waals surface area contributed by atoms with E-state index in [4.69, 9.17) is 9.47 Å². The summed E-state index contributed by atoms with van der Waals surface area (Å²) in [6, 6.07) is 9.91. The van der Waals surface area contributed by atoms with E-state index in [2.05, 4.69) is 20.8 Å². The van der Waals surface area contributed by atoms with Crippen molar-refractivity contribution in [1.29, 1.82) is 0 Å². The predicted octanol–water partition coefficient (Wildman–Crippen LogP) is 4.41. The Morgan fingerprint density at radius 1 is 1.19 bits per heavy atom. The van der Waals surface area contributed by atoms with Gasteiger partial charge in [-0.3, -0.25) is 0 Å². The van der Waals surface area contributed by atoms with E-state index in [1.807, 2.05) is 0 Å². The molecule has 0 fully saturated rings. The summed E-state index contributed by atoms with van der Waals surface area (Å²) in [5.41, 5.74) is 1.05. The summed E-state index contributed by atoms with van der Waals surface area (Å²) in [5, 5.41) is 14.5. The van der Waals surface area contributed by atoms with E-state index in [1.165, 1.54) is 36.6 Å². The van der Waals surface area contributed by atoms with Gasteiger partial charge in [-0.2, -0.15) is 0 Å². The molecule has 2 amide bonds. The number of methoxy groups -OCH3 is 1. The highest BCUT2D eigenvalue weighted by atomic mass is 32.1. The maximum absolute atomic E-state index is 14.0. The van der Waals surface area contributed by atoms with Gasteiger partial charge >= 0.3 is 12.0 Å². The number of carbonyl (C=O) groups is 2. The van der Waals surface area contributed by atoms with Crippen LogP contribution >= 0.6 is 11.3 Å². The molecule has 2 N–H and O–H groups in total. The van der Waals surface area contributed by atoms with E-state index in [0.29, 0.717) is 39.2 Å². The number of benzene rings is 2. The predicted molar refractivity (Wildman–Crippen MR) is 115 cm³/mol. The molecular formula is C21H21FN4O4S. The molecule has 0 aliphatic heterocycles. The van der Waals surface area contributed by atoms with Gasteiger partial charge in [0.2, 0.25) is 0 Å². The molecule has 1 heterocycles. The molecule has 1 unspecified atom stereocenters. The molecule has 3 aromatic rings. The number of esters is 1. The van der Waals surface area contributed by atoms with Crippen molar-refractivity contribution in [3.05, 3.63) is 58.9 Å². The van der Waals surface area contributed by atoms with Crippen LogP contribution in [0, 0.1) is 5.82 Å². The van der Waals surface area contributed by atoms with Gasteiger partial charge in [-0.25, -0.2) is 14.0 Å². The number of hydrogen-bond acceptors (Lipinski definition) is 7. The molecule has 0 aliphatic rings. The molecule has 0 saturated carbocycles. The molecule has 31 heavy (non-hydrogen) atoms. The average molecular weight is 444 g/mol. The number of halogens is 1. The number of anilines is 1. The summed E-state index contributed by atoms with van der Waals surface area (Å²) < 4.78 is 24.2. The van der Waals surface area contributed by atoms with Crippen LogP contribution in [0.1, 0.15) is 35.3 Å². The zero-order chi connectivity index (χ0) is 22.4. The third-order valence-electron chi connectivity index (χ3n) is 4.21. The number of nitrogens with zero attached hydrogens (tertiary/aromatic N) is 2. The highest BCUT2D eigenvalue weighted by molar-refractivity contribution is 7.14. The minimum Gasteiger partial charge on any atom is -0.492 e.